The number of carbonyl (C=O) groups is 3. The maximum absolute atomic E-state index is 12.5. The van der Waals surface area contributed by atoms with Crippen LogP contribution >= 0.6 is 0 Å². The summed E-state index contributed by atoms with van der Waals surface area (Å²) in [6.07, 6.45) is 0. The summed E-state index contributed by atoms with van der Waals surface area (Å²) in [5.74, 6) is -1.70. The molecule has 1 heterocycles. The molecule has 9 heteroatoms. The standard InChI is InChI=1S/C15H15N3O6/c1-22-11-7-5-4-6-9(11)10(19)8-18-13(15(21)24-3)12(16-17-18)14(20)23-2/h4-7H,8H2,1-3H3. The number of hydrogen-bond donors (Lipinski definition) is 0. The van der Waals surface area contributed by atoms with E-state index in [2.05, 4.69) is 19.8 Å². The Morgan fingerprint density at radius 3 is 2.33 bits per heavy atom. The molecule has 0 spiro atoms. The lowest BCUT2D eigenvalue weighted by Crippen LogP contribution is -2.20. The van der Waals surface area contributed by atoms with Gasteiger partial charge in [0.25, 0.3) is 0 Å². The fraction of sp³-hybridized carbons (Fsp3) is 0.267. The normalized spacial score (nSPS) is 10.1. The summed E-state index contributed by atoms with van der Waals surface area (Å²) in [6, 6.07) is 6.62. The van der Waals surface area contributed by atoms with Gasteiger partial charge in [0.2, 0.25) is 5.69 Å². The van der Waals surface area contributed by atoms with Gasteiger partial charge in [-0.2, -0.15) is 0 Å². The van der Waals surface area contributed by atoms with Gasteiger partial charge in [-0.3, -0.25) is 4.79 Å². The molecule has 1 aromatic heterocycles. The predicted octanol–water partition coefficient (Wildman–Crippen LogP) is 0.743. The summed E-state index contributed by atoms with van der Waals surface area (Å²) in [4.78, 5) is 36.1. The highest BCUT2D eigenvalue weighted by atomic mass is 16.5. The van der Waals surface area contributed by atoms with Crippen LogP contribution in [0.1, 0.15) is 31.3 Å². The summed E-state index contributed by atoms with van der Waals surface area (Å²) in [7, 11) is 3.72. The molecular formula is C15H15N3O6. The molecule has 0 atom stereocenters. The molecule has 0 aliphatic carbocycles. The molecule has 0 bridgehead atoms. The number of benzene rings is 1. The second-order valence-corrected chi connectivity index (χ2v) is 4.55. The molecule has 0 amide bonds. The van der Waals surface area contributed by atoms with Crippen LogP contribution in [0.5, 0.6) is 5.75 Å². The van der Waals surface area contributed by atoms with Gasteiger partial charge in [0, 0.05) is 0 Å². The number of rotatable bonds is 6. The van der Waals surface area contributed by atoms with Crippen molar-refractivity contribution in [1.29, 1.82) is 0 Å². The van der Waals surface area contributed by atoms with E-state index in [4.69, 9.17) is 4.74 Å². The maximum atomic E-state index is 12.5. The first kappa shape index (κ1) is 17.1. The number of aromatic nitrogens is 3. The number of para-hydroxylation sites is 1. The molecule has 0 aliphatic heterocycles. The monoisotopic (exact) mass is 333 g/mol. The molecule has 0 aliphatic rings. The molecule has 1 aromatic carbocycles. The number of methoxy groups -OCH3 is 3. The fourth-order valence-electron chi connectivity index (χ4n) is 2.05. The largest absolute Gasteiger partial charge is 0.496 e. The van der Waals surface area contributed by atoms with E-state index < -0.39 is 11.9 Å². The minimum Gasteiger partial charge on any atom is -0.496 e. The zero-order chi connectivity index (χ0) is 17.7. The molecular weight excluding hydrogens is 318 g/mol. The second-order valence-electron chi connectivity index (χ2n) is 4.55. The van der Waals surface area contributed by atoms with Gasteiger partial charge in [-0.25, -0.2) is 14.3 Å². The van der Waals surface area contributed by atoms with E-state index in [-0.39, 0.29) is 23.7 Å². The molecule has 126 valence electrons. The molecule has 2 rings (SSSR count). The summed E-state index contributed by atoms with van der Waals surface area (Å²) >= 11 is 0. The first-order valence-electron chi connectivity index (χ1n) is 6.79. The van der Waals surface area contributed by atoms with E-state index in [1.807, 2.05) is 0 Å². The lowest BCUT2D eigenvalue weighted by molar-refractivity contribution is 0.0543. The third kappa shape index (κ3) is 3.24. The van der Waals surface area contributed by atoms with Crippen LogP contribution in [0.25, 0.3) is 0 Å². The lowest BCUT2D eigenvalue weighted by Gasteiger charge is -2.08. The smallest absolute Gasteiger partial charge is 0.361 e. The maximum Gasteiger partial charge on any atom is 0.361 e. The van der Waals surface area contributed by atoms with Crippen molar-refractivity contribution in [2.24, 2.45) is 0 Å². The van der Waals surface area contributed by atoms with Crippen molar-refractivity contribution in [3.63, 3.8) is 0 Å². The average molecular weight is 333 g/mol. The number of esters is 2. The van der Waals surface area contributed by atoms with Crippen LogP contribution in [0.15, 0.2) is 24.3 Å². The van der Waals surface area contributed by atoms with Crippen LogP contribution in [0.3, 0.4) is 0 Å². The zero-order valence-electron chi connectivity index (χ0n) is 13.3. The Balaban J connectivity index is 2.39. The Bertz CT molecular complexity index is 783. The van der Waals surface area contributed by atoms with Gasteiger partial charge in [0.15, 0.2) is 11.5 Å². The predicted molar refractivity (Wildman–Crippen MR) is 80.0 cm³/mol. The highest BCUT2D eigenvalue weighted by Gasteiger charge is 2.28. The summed E-state index contributed by atoms with van der Waals surface area (Å²) < 4.78 is 15.3. The Morgan fingerprint density at radius 1 is 1.04 bits per heavy atom. The summed E-state index contributed by atoms with van der Waals surface area (Å²) in [5.41, 5.74) is -0.268. The van der Waals surface area contributed by atoms with Gasteiger partial charge in [-0.15, -0.1) is 5.10 Å². The van der Waals surface area contributed by atoms with Gasteiger partial charge >= 0.3 is 11.9 Å². The zero-order valence-corrected chi connectivity index (χ0v) is 13.3. The Hall–Kier alpha value is -3.23. The van der Waals surface area contributed by atoms with Crippen LogP contribution in [0.2, 0.25) is 0 Å². The molecule has 24 heavy (non-hydrogen) atoms. The first-order chi connectivity index (χ1) is 11.5. The third-order valence-corrected chi connectivity index (χ3v) is 3.19. The van der Waals surface area contributed by atoms with E-state index in [0.717, 1.165) is 18.9 Å². The van der Waals surface area contributed by atoms with Crippen molar-refractivity contribution in [3.05, 3.63) is 41.2 Å². The summed E-state index contributed by atoms with van der Waals surface area (Å²) in [6.45, 7) is -0.325. The Labute approximate surface area is 137 Å². The Kier molecular flexibility index (Phi) is 5.25. The highest BCUT2D eigenvalue weighted by molar-refractivity contribution is 6.02. The van der Waals surface area contributed by atoms with Crippen molar-refractivity contribution in [3.8, 4) is 5.75 Å². The van der Waals surface area contributed by atoms with Gasteiger partial charge in [-0.05, 0) is 12.1 Å². The Morgan fingerprint density at radius 2 is 1.71 bits per heavy atom. The quantitative estimate of drug-likeness (QED) is 0.562. The van der Waals surface area contributed by atoms with Gasteiger partial charge in [0.05, 0.1) is 26.9 Å². The minimum atomic E-state index is -0.855. The molecule has 0 radical (unpaired) electrons. The molecule has 9 nitrogen and oxygen atoms in total. The van der Waals surface area contributed by atoms with Crippen molar-refractivity contribution >= 4 is 17.7 Å². The van der Waals surface area contributed by atoms with Gasteiger partial charge in [-0.1, -0.05) is 17.3 Å². The molecule has 0 fully saturated rings. The number of Topliss-reactive ketones (excluding diaryl/α,β-unsaturated/α-hetero) is 1. The van der Waals surface area contributed by atoms with Crippen LogP contribution in [0, 0.1) is 0 Å². The molecule has 0 saturated carbocycles. The molecule has 0 N–H and O–H groups in total. The second kappa shape index (κ2) is 7.36. The van der Waals surface area contributed by atoms with Crippen LogP contribution in [0.4, 0.5) is 0 Å². The number of ketones is 1. The van der Waals surface area contributed by atoms with Crippen molar-refractivity contribution in [2.75, 3.05) is 21.3 Å². The van der Waals surface area contributed by atoms with Crippen molar-refractivity contribution < 1.29 is 28.6 Å². The SMILES string of the molecule is COC(=O)c1nnn(CC(=O)c2ccccc2OC)c1C(=O)OC. The fourth-order valence-corrected chi connectivity index (χ4v) is 2.05. The molecule has 2 aromatic rings. The van der Waals surface area contributed by atoms with E-state index in [1.54, 1.807) is 24.3 Å². The number of carbonyl (C=O) groups excluding carboxylic acids is 3. The van der Waals surface area contributed by atoms with Crippen molar-refractivity contribution in [1.82, 2.24) is 15.0 Å². The van der Waals surface area contributed by atoms with E-state index >= 15 is 0 Å². The number of ether oxygens (including phenoxy) is 3. The molecule has 0 saturated heterocycles. The topological polar surface area (TPSA) is 110 Å². The average Bonchev–Trinajstić information content (AvgIpc) is 3.03. The van der Waals surface area contributed by atoms with Crippen molar-refractivity contribution in [2.45, 2.75) is 6.54 Å². The van der Waals surface area contributed by atoms with E-state index in [0.29, 0.717) is 11.3 Å². The van der Waals surface area contributed by atoms with Crippen LogP contribution in [-0.2, 0) is 16.0 Å². The lowest BCUT2D eigenvalue weighted by atomic mass is 10.1. The molecule has 0 unspecified atom stereocenters. The van der Waals surface area contributed by atoms with Crippen LogP contribution < -0.4 is 4.74 Å². The number of hydrogen-bond acceptors (Lipinski definition) is 8. The van der Waals surface area contributed by atoms with Gasteiger partial charge in [0.1, 0.15) is 12.3 Å². The summed E-state index contributed by atoms with van der Waals surface area (Å²) in [5, 5.41) is 7.28. The van der Waals surface area contributed by atoms with Crippen LogP contribution in [-0.4, -0.2) is 54.0 Å². The first-order valence-corrected chi connectivity index (χ1v) is 6.79. The van der Waals surface area contributed by atoms with E-state index in [1.165, 1.54) is 7.11 Å². The number of nitrogens with zero attached hydrogens (tertiary/aromatic N) is 3. The van der Waals surface area contributed by atoms with Gasteiger partial charge < -0.3 is 14.2 Å². The third-order valence-electron chi connectivity index (χ3n) is 3.19. The minimum absolute atomic E-state index is 0.257. The van der Waals surface area contributed by atoms with E-state index in [9.17, 15) is 14.4 Å². The highest BCUT2D eigenvalue weighted by Crippen LogP contribution is 2.19.